The Labute approximate surface area is 148 Å². The molecule has 134 valence electrons. The number of hydrogen-bond acceptors (Lipinski definition) is 5. The summed E-state index contributed by atoms with van der Waals surface area (Å²) in [7, 11) is 1.71. The Morgan fingerprint density at radius 3 is 2.68 bits per heavy atom. The van der Waals surface area contributed by atoms with E-state index in [-0.39, 0.29) is 5.91 Å². The molecule has 1 aliphatic heterocycles. The Morgan fingerprint density at radius 2 is 2.00 bits per heavy atom. The van der Waals surface area contributed by atoms with Gasteiger partial charge in [0.25, 0.3) is 0 Å². The number of piperazine rings is 1. The number of hydrogen-bond donors (Lipinski definition) is 0. The Bertz CT molecular complexity index is 705. The quantitative estimate of drug-likeness (QED) is 0.802. The van der Waals surface area contributed by atoms with E-state index in [4.69, 9.17) is 9.26 Å². The van der Waals surface area contributed by atoms with E-state index < -0.39 is 0 Å². The van der Waals surface area contributed by atoms with Gasteiger partial charge in [0, 0.05) is 38.8 Å². The van der Waals surface area contributed by atoms with Gasteiger partial charge in [-0.2, -0.15) is 0 Å². The van der Waals surface area contributed by atoms with Crippen molar-refractivity contribution in [1.82, 2.24) is 15.0 Å². The van der Waals surface area contributed by atoms with Crippen LogP contribution >= 0.6 is 0 Å². The van der Waals surface area contributed by atoms with Crippen molar-refractivity contribution in [1.29, 1.82) is 0 Å². The first-order chi connectivity index (χ1) is 12.2. The number of amides is 1. The van der Waals surface area contributed by atoms with Crippen LogP contribution in [0.15, 0.2) is 34.9 Å². The van der Waals surface area contributed by atoms with Crippen LogP contribution in [-0.4, -0.2) is 60.7 Å². The lowest BCUT2D eigenvalue weighted by Crippen LogP contribution is -2.49. The van der Waals surface area contributed by atoms with Gasteiger partial charge in [-0.3, -0.25) is 9.69 Å². The molecule has 0 atom stereocenters. The van der Waals surface area contributed by atoms with Gasteiger partial charge in [0.2, 0.25) is 5.91 Å². The third-order valence-electron chi connectivity index (χ3n) is 4.62. The topological polar surface area (TPSA) is 58.8 Å². The van der Waals surface area contributed by atoms with Crippen molar-refractivity contribution in [2.24, 2.45) is 0 Å². The minimum Gasteiger partial charge on any atom is -0.496 e. The van der Waals surface area contributed by atoms with Crippen LogP contribution in [0.1, 0.15) is 17.0 Å². The smallest absolute Gasteiger partial charge is 0.228 e. The van der Waals surface area contributed by atoms with Gasteiger partial charge in [0.05, 0.1) is 19.2 Å². The predicted octanol–water partition coefficient (Wildman–Crippen LogP) is 1.92. The predicted molar refractivity (Wildman–Crippen MR) is 94.7 cm³/mol. The molecule has 6 nitrogen and oxygen atoms in total. The molecule has 0 radical (unpaired) electrons. The molecule has 1 aromatic heterocycles. The van der Waals surface area contributed by atoms with Crippen LogP contribution in [0.2, 0.25) is 0 Å². The average molecular weight is 343 g/mol. The van der Waals surface area contributed by atoms with Gasteiger partial charge in [-0.05, 0) is 25.0 Å². The van der Waals surface area contributed by atoms with E-state index in [9.17, 15) is 4.79 Å². The fourth-order valence-electron chi connectivity index (χ4n) is 3.18. The fraction of sp³-hybridized carbons (Fsp3) is 0.474. The highest BCUT2D eigenvalue weighted by molar-refractivity contribution is 5.78. The van der Waals surface area contributed by atoms with Crippen LogP contribution < -0.4 is 4.74 Å². The SMILES string of the molecule is COc1ccccc1CCN1CCN(C(=O)Cc2cc(C)on2)CC1. The minimum atomic E-state index is 0.123. The number of benzene rings is 1. The largest absolute Gasteiger partial charge is 0.496 e. The highest BCUT2D eigenvalue weighted by Gasteiger charge is 2.22. The van der Waals surface area contributed by atoms with E-state index in [2.05, 4.69) is 16.1 Å². The van der Waals surface area contributed by atoms with Crippen molar-refractivity contribution >= 4 is 5.91 Å². The number of aromatic nitrogens is 1. The van der Waals surface area contributed by atoms with Crippen molar-refractivity contribution in [3.63, 3.8) is 0 Å². The number of aryl methyl sites for hydroxylation is 1. The zero-order valence-corrected chi connectivity index (χ0v) is 14.9. The molecule has 1 amide bonds. The van der Waals surface area contributed by atoms with Gasteiger partial charge in [0.1, 0.15) is 11.5 Å². The van der Waals surface area contributed by atoms with Gasteiger partial charge >= 0.3 is 0 Å². The zero-order valence-electron chi connectivity index (χ0n) is 14.9. The Balaban J connectivity index is 1.44. The molecule has 2 aromatic rings. The monoisotopic (exact) mass is 343 g/mol. The second-order valence-electron chi connectivity index (χ2n) is 6.39. The van der Waals surface area contributed by atoms with E-state index in [1.165, 1.54) is 5.56 Å². The standard InChI is InChI=1S/C19H25N3O3/c1-15-13-17(20-25-15)14-19(23)22-11-9-21(10-12-22)8-7-16-5-3-4-6-18(16)24-2/h3-6,13H,7-12,14H2,1-2H3. The molecule has 1 aromatic carbocycles. The molecule has 1 saturated heterocycles. The van der Waals surface area contributed by atoms with Crippen molar-refractivity contribution in [2.75, 3.05) is 39.8 Å². The van der Waals surface area contributed by atoms with E-state index in [1.807, 2.05) is 36.1 Å². The number of carbonyl (C=O) groups excluding carboxylic acids is 1. The highest BCUT2D eigenvalue weighted by Crippen LogP contribution is 2.18. The number of ether oxygens (including phenoxy) is 1. The lowest BCUT2D eigenvalue weighted by atomic mass is 10.1. The molecule has 0 spiro atoms. The first kappa shape index (κ1) is 17.5. The Morgan fingerprint density at radius 1 is 1.24 bits per heavy atom. The molecule has 1 aliphatic rings. The summed E-state index contributed by atoms with van der Waals surface area (Å²) in [4.78, 5) is 16.7. The Kier molecular flexibility index (Phi) is 5.71. The number of nitrogens with zero attached hydrogens (tertiary/aromatic N) is 3. The van der Waals surface area contributed by atoms with Crippen molar-refractivity contribution in [3.8, 4) is 5.75 Å². The molecule has 0 N–H and O–H groups in total. The fourth-order valence-corrected chi connectivity index (χ4v) is 3.18. The molecule has 0 saturated carbocycles. The van der Waals surface area contributed by atoms with Crippen LogP contribution in [0.25, 0.3) is 0 Å². The van der Waals surface area contributed by atoms with E-state index in [1.54, 1.807) is 7.11 Å². The van der Waals surface area contributed by atoms with Gasteiger partial charge in [0.15, 0.2) is 0 Å². The number of rotatable bonds is 6. The zero-order chi connectivity index (χ0) is 17.6. The van der Waals surface area contributed by atoms with Crippen LogP contribution in [0.4, 0.5) is 0 Å². The number of para-hydroxylation sites is 1. The molecule has 2 heterocycles. The summed E-state index contributed by atoms with van der Waals surface area (Å²) in [5.41, 5.74) is 1.94. The summed E-state index contributed by atoms with van der Waals surface area (Å²) < 4.78 is 10.4. The first-order valence-corrected chi connectivity index (χ1v) is 8.70. The van der Waals surface area contributed by atoms with E-state index in [0.29, 0.717) is 12.1 Å². The maximum atomic E-state index is 12.4. The maximum Gasteiger partial charge on any atom is 0.228 e. The second kappa shape index (κ2) is 8.16. The third kappa shape index (κ3) is 4.60. The van der Waals surface area contributed by atoms with Crippen LogP contribution in [0, 0.1) is 6.92 Å². The number of carbonyl (C=O) groups is 1. The summed E-state index contributed by atoms with van der Waals surface area (Å²) in [6.07, 6.45) is 1.27. The summed E-state index contributed by atoms with van der Waals surface area (Å²) in [5.74, 6) is 1.81. The van der Waals surface area contributed by atoms with Crippen molar-refractivity contribution < 1.29 is 14.1 Å². The summed E-state index contributed by atoms with van der Waals surface area (Å²) in [6, 6.07) is 9.96. The third-order valence-corrected chi connectivity index (χ3v) is 4.62. The Hall–Kier alpha value is -2.34. The molecule has 0 aliphatic carbocycles. The van der Waals surface area contributed by atoms with E-state index >= 15 is 0 Å². The van der Waals surface area contributed by atoms with Gasteiger partial charge < -0.3 is 14.2 Å². The molecule has 0 bridgehead atoms. The molecule has 0 unspecified atom stereocenters. The summed E-state index contributed by atoms with van der Waals surface area (Å²) in [5, 5.41) is 3.90. The van der Waals surface area contributed by atoms with Crippen LogP contribution in [0.5, 0.6) is 5.75 Å². The second-order valence-corrected chi connectivity index (χ2v) is 6.39. The minimum absolute atomic E-state index is 0.123. The lowest BCUT2D eigenvalue weighted by molar-refractivity contribution is -0.132. The molecule has 3 rings (SSSR count). The molecule has 25 heavy (non-hydrogen) atoms. The molecular weight excluding hydrogens is 318 g/mol. The maximum absolute atomic E-state index is 12.4. The summed E-state index contributed by atoms with van der Waals surface area (Å²) in [6.45, 7) is 6.15. The highest BCUT2D eigenvalue weighted by atomic mass is 16.5. The van der Waals surface area contributed by atoms with Crippen LogP contribution in [-0.2, 0) is 17.6 Å². The summed E-state index contributed by atoms with van der Waals surface area (Å²) >= 11 is 0. The van der Waals surface area contributed by atoms with Gasteiger partial charge in [-0.15, -0.1) is 0 Å². The van der Waals surface area contributed by atoms with Gasteiger partial charge in [-0.25, -0.2) is 0 Å². The van der Waals surface area contributed by atoms with Crippen molar-refractivity contribution in [3.05, 3.63) is 47.3 Å². The lowest BCUT2D eigenvalue weighted by Gasteiger charge is -2.34. The number of methoxy groups -OCH3 is 1. The molecule has 6 heteroatoms. The van der Waals surface area contributed by atoms with E-state index in [0.717, 1.165) is 50.7 Å². The normalized spacial score (nSPS) is 15.4. The van der Waals surface area contributed by atoms with Crippen LogP contribution in [0.3, 0.4) is 0 Å². The first-order valence-electron chi connectivity index (χ1n) is 8.70. The molecular formula is C19H25N3O3. The van der Waals surface area contributed by atoms with Gasteiger partial charge in [-0.1, -0.05) is 23.4 Å². The average Bonchev–Trinajstić information content (AvgIpc) is 3.05. The molecule has 1 fully saturated rings. The van der Waals surface area contributed by atoms with Crippen molar-refractivity contribution in [2.45, 2.75) is 19.8 Å².